The standard InChI is InChI=1S/C14H22ClN/c1-3-5-11(2)8-13(10-16)12-6-4-7-14(15)9-12/h4,6-7,9,11,13H,3,5,8,10,16H2,1-2H3. The average molecular weight is 240 g/mol. The maximum atomic E-state index is 6.00. The van der Waals surface area contributed by atoms with Crippen molar-refractivity contribution < 1.29 is 0 Å². The molecule has 2 unspecified atom stereocenters. The van der Waals surface area contributed by atoms with E-state index in [0.717, 1.165) is 17.4 Å². The smallest absolute Gasteiger partial charge is 0.0408 e. The predicted molar refractivity (Wildman–Crippen MR) is 71.9 cm³/mol. The van der Waals surface area contributed by atoms with Gasteiger partial charge in [-0.25, -0.2) is 0 Å². The summed E-state index contributed by atoms with van der Waals surface area (Å²) in [5.41, 5.74) is 7.13. The van der Waals surface area contributed by atoms with E-state index in [2.05, 4.69) is 19.9 Å². The molecular formula is C14H22ClN. The molecule has 0 saturated carbocycles. The lowest BCUT2D eigenvalue weighted by Gasteiger charge is -2.19. The third-order valence-corrected chi connectivity index (χ3v) is 3.31. The topological polar surface area (TPSA) is 26.0 Å². The molecule has 0 aliphatic carbocycles. The van der Waals surface area contributed by atoms with E-state index in [9.17, 15) is 0 Å². The fraction of sp³-hybridized carbons (Fsp3) is 0.571. The molecule has 0 bridgehead atoms. The molecule has 0 radical (unpaired) electrons. The molecule has 0 heterocycles. The largest absolute Gasteiger partial charge is 0.330 e. The molecule has 1 nitrogen and oxygen atoms in total. The minimum atomic E-state index is 0.445. The maximum Gasteiger partial charge on any atom is 0.0408 e. The second kappa shape index (κ2) is 6.93. The van der Waals surface area contributed by atoms with Crippen molar-refractivity contribution in [1.29, 1.82) is 0 Å². The number of benzene rings is 1. The van der Waals surface area contributed by atoms with Crippen molar-refractivity contribution in [2.24, 2.45) is 11.7 Å². The van der Waals surface area contributed by atoms with E-state index in [4.69, 9.17) is 17.3 Å². The summed E-state index contributed by atoms with van der Waals surface area (Å²) in [5, 5.41) is 0.805. The Morgan fingerprint density at radius 2 is 2.12 bits per heavy atom. The van der Waals surface area contributed by atoms with Gasteiger partial charge < -0.3 is 5.73 Å². The summed E-state index contributed by atoms with van der Waals surface area (Å²) in [6.45, 7) is 5.23. The van der Waals surface area contributed by atoms with Crippen LogP contribution < -0.4 is 5.73 Å². The molecule has 2 heteroatoms. The molecule has 0 saturated heterocycles. The second-order valence-corrected chi connectivity index (χ2v) is 5.05. The van der Waals surface area contributed by atoms with Gasteiger partial charge in [-0.05, 0) is 42.5 Å². The quantitative estimate of drug-likeness (QED) is 0.791. The number of halogens is 1. The third-order valence-electron chi connectivity index (χ3n) is 3.07. The van der Waals surface area contributed by atoms with Gasteiger partial charge in [0, 0.05) is 5.02 Å². The van der Waals surface area contributed by atoms with Gasteiger partial charge in [0.15, 0.2) is 0 Å². The van der Waals surface area contributed by atoms with E-state index in [1.807, 2.05) is 18.2 Å². The van der Waals surface area contributed by atoms with Gasteiger partial charge in [0.05, 0.1) is 0 Å². The minimum absolute atomic E-state index is 0.445. The zero-order valence-corrected chi connectivity index (χ0v) is 11.0. The molecule has 2 N–H and O–H groups in total. The van der Waals surface area contributed by atoms with E-state index in [0.29, 0.717) is 12.5 Å². The molecule has 0 fully saturated rings. The molecule has 16 heavy (non-hydrogen) atoms. The lowest BCUT2D eigenvalue weighted by Crippen LogP contribution is -2.15. The third kappa shape index (κ3) is 4.15. The highest BCUT2D eigenvalue weighted by Gasteiger charge is 2.13. The van der Waals surface area contributed by atoms with Crippen molar-refractivity contribution in [3.63, 3.8) is 0 Å². The summed E-state index contributed by atoms with van der Waals surface area (Å²) >= 11 is 6.00. The summed E-state index contributed by atoms with van der Waals surface area (Å²) in [5.74, 6) is 1.18. The van der Waals surface area contributed by atoms with Crippen LogP contribution in [-0.2, 0) is 0 Å². The van der Waals surface area contributed by atoms with E-state index >= 15 is 0 Å². The highest BCUT2D eigenvalue weighted by Crippen LogP contribution is 2.26. The fourth-order valence-corrected chi connectivity index (χ4v) is 2.42. The van der Waals surface area contributed by atoms with Crippen LogP contribution in [0.1, 0.15) is 44.6 Å². The first-order valence-electron chi connectivity index (χ1n) is 6.12. The molecule has 0 aliphatic heterocycles. The lowest BCUT2D eigenvalue weighted by molar-refractivity contribution is 0.438. The molecule has 1 aromatic carbocycles. The molecule has 2 atom stereocenters. The van der Waals surface area contributed by atoms with Crippen molar-refractivity contribution >= 4 is 11.6 Å². The Labute approximate surface area is 104 Å². The predicted octanol–water partition coefficient (Wildman–Crippen LogP) is 4.21. The van der Waals surface area contributed by atoms with Crippen molar-refractivity contribution in [2.75, 3.05) is 6.54 Å². The van der Waals surface area contributed by atoms with Crippen molar-refractivity contribution in [2.45, 2.75) is 39.0 Å². The van der Waals surface area contributed by atoms with Gasteiger partial charge in [-0.3, -0.25) is 0 Å². The molecule has 90 valence electrons. The van der Waals surface area contributed by atoms with Gasteiger partial charge in [-0.2, -0.15) is 0 Å². The van der Waals surface area contributed by atoms with Gasteiger partial charge in [0.1, 0.15) is 0 Å². The van der Waals surface area contributed by atoms with Gasteiger partial charge in [-0.15, -0.1) is 0 Å². The number of nitrogens with two attached hydrogens (primary N) is 1. The average Bonchev–Trinajstić information content (AvgIpc) is 2.26. The Morgan fingerprint density at radius 3 is 2.69 bits per heavy atom. The van der Waals surface area contributed by atoms with Crippen LogP contribution >= 0.6 is 11.6 Å². The normalized spacial score (nSPS) is 14.8. The van der Waals surface area contributed by atoms with Crippen LogP contribution in [0.4, 0.5) is 0 Å². The Balaban J connectivity index is 2.67. The first-order valence-corrected chi connectivity index (χ1v) is 6.50. The van der Waals surface area contributed by atoms with Gasteiger partial charge >= 0.3 is 0 Å². The minimum Gasteiger partial charge on any atom is -0.330 e. The first kappa shape index (κ1) is 13.5. The fourth-order valence-electron chi connectivity index (χ4n) is 2.23. The van der Waals surface area contributed by atoms with Crippen LogP contribution in [0.3, 0.4) is 0 Å². The lowest BCUT2D eigenvalue weighted by atomic mass is 9.88. The molecule has 0 aromatic heterocycles. The second-order valence-electron chi connectivity index (χ2n) is 4.62. The van der Waals surface area contributed by atoms with Gasteiger partial charge in [0.2, 0.25) is 0 Å². The molecular weight excluding hydrogens is 218 g/mol. The molecule has 0 spiro atoms. The zero-order chi connectivity index (χ0) is 12.0. The van der Waals surface area contributed by atoms with Crippen LogP contribution in [0, 0.1) is 5.92 Å². The van der Waals surface area contributed by atoms with E-state index in [-0.39, 0.29) is 0 Å². The van der Waals surface area contributed by atoms with Crippen LogP contribution in [0.5, 0.6) is 0 Å². The van der Waals surface area contributed by atoms with Crippen molar-refractivity contribution in [3.05, 3.63) is 34.9 Å². The maximum absolute atomic E-state index is 6.00. The van der Waals surface area contributed by atoms with Crippen LogP contribution in [0.25, 0.3) is 0 Å². The van der Waals surface area contributed by atoms with E-state index < -0.39 is 0 Å². The molecule has 0 aliphatic rings. The molecule has 1 rings (SSSR count). The van der Waals surface area contributed by atoms with Crippen LogP contribution in [-0.4, -0.2) is 6.54 Å². The van der Waals surface area contributed by atoms with Gasteiger partial charge in [-0.1, -0.05) is 50.4 Å². The highest BCUT2D eigenvalue weighted by atomic mass is 35.5. The first-order chi connectivity index (χ1) is 7.67. The highest BCUT2D eigenvalue weighted by molar-refractivity contribution is 6.30. The van der Waals surface area contributed by atoms with Crippen molar-refractivity contribution in [1.82, 2.24) is 0 Å². The van der Waals surface area contributed by atoms with E-state index in [1.54, 1.807) is 0 Å². The number of rotatable bonds is 6. The van der Waals surface area contributed by atoms with Crippen LogP contribution in [0.15, 0.2) is 24.3 Å². The Hall–Kier alpha value is -0.530. The summed E-state index contributed by atoms with van der Waals surface area (Å²) in [4.78, 5) is 0. The van der Waals surface area contributed by atoms with Gasteiger partial charge in [0.25, 0.3) is 0 Å². The Kier molecular flexibility index (Phi) is 5.86. The zero-order valence-electron chi connectivity index (χ0n) is 10.2. The van der Waals surface area contributed by atoms with Crippen LogP contribution in [0.2, 0.25) is 5.02 Å². The summed E-state index contributed by atoms with van der Waals surface area (Å²) in [6.07, 6.45) is 3.68. The summed E-state index contributed by atoms with van der Waals surface area (Å²) < 4.78 is 0. The SMILES string of the molecule is CCCC(C)CC(CN)c1cccc(Cl)c1. The Bertz CT molecular complexity index is 311. The summed E-state index contributed by atoms with van der Waals surface area (Å²) in [6, 6.07) is 8.08. The molecule has 0 amide bonds. The Morgan fingerprint density at radius 1 is 1.38 bits per heavy atom. The summed E-state index contributed by atoms with van der Waals surface area (Å²) in [7, 11) is 0. The number of hydrogen-bond acceptors (Lipinski definition) is 1. The molecule has 1 aromatic rings. The van der Waals surface area contributed by atoms with Crippen molar-refractivity contribution in [3.8, 4) is 0 Å². The van der Waals surface area contributed by atoms with E-state index in [1.165, 1.54) is 18.4 Å². The monoisotopic (exact) mass is 239 g/mol. The number of hydrogen-bond donors (Lipinski definition) is 1.